The van der Waals surface area contributed by atoms with Crippen LogP contribution in [0.3, 0.4) is 0 Å². The van der Waals surface area contributed by atoms with Gasteiger partial charge >= 0.3 is 17.9 Å². The highest BCUT2D eigenvalue weighted by atomic mass is 16.6. The van der Waals surface area contributed by atoms with Crippen molar-refractivity contribution in [1.29, 1.82) is 0 Å². The molecule has 0 aromatic heterocycles. The maximum atomic E-state index is 12.9. The van der Waals surface area contributed by atoms with Gasteiger partial charge in [-0.2, -0.15) is 0 Å². The lowest BCUT2D eigenvalue weighted by molar-refractivity contribution is -0.167. The molecule has 73 heavy (non-hydrogen) atoms. The molecular formula is C67H130O6. The van der Waals surface area contributed by atoms with Gasteiger partial charge in [-0.15, -0.1) is 0 Å². The van der Waals surface area contributed by atoms with Gasteiger partial charge in [-0.25, -0.2) is 0 Å². The molecule has 1 unspecified atom stereocenters. The minimum atomic E-state index is -0.762. The van der Waals surface area contributed by atoms with Crippen molar-refractivity contribution >= 4 is 17.9 Å². The van der Waals surface area contributed by atoms with E-state index in [4.69, 9.17) is 14.2 Å². The molecule has 0 radical (unpaired) electrons. The Kier molecular flexibility index (Phi) is 61.6. The van der Waals surface area contributed by atoms with Gasteiger partial charge in [-0.05, 0) is 19.3 Å². The van der Waals surface area contributed by atoms with E-state index in [-0.39, 0.29) is 31.1 Å². The molecule has 0 spiro atoms. The van der Waals surface area contributed by atoms with Crippen LogP contribution in [0.1, 0.15) is 393 Å². The Bertz CT molecular complexity index is 1090. The van der Waals surface area contributed by atoms with Gasteiger partial charge in [-0.3, -0.25) is 14.4 Å². The van der Waals surface area contributed by atoms with E-state index in [0.717, 1.165) is 57.8 Å². The SMILES string of the molecule is CCCCCCCCCCCCCCCCCCCCCCCCCCCCCCCC(=O)OCC(COC(=O)CCCCCCCCCCCCCC)OC(=O)CCCCCCCCCCCCCCCC. The van der Waals surface area contributed by atoms with Gasteiger partial charge < -0.3 is 14.2 Å². The number of carbonyl (C=O) groups excluding carboxylic acids is 3. The highest BCUT2D eigenvalue weighted by Crippen LogP contribution is 2.19. The lowest BCUT2D eigenvalue weighted by atomic mass is 10.0. The zero-order valence-corrected chi connectivity index (χ0v) is 50.0. The summed E-state index contributed by atoms with van der Waals surface area (Å²) in [5, 5.41) is 0. The van der Waals surface area contributed by atoms with E-state index in [1.807, 2.05) is 0 Å². The van der Waals surface area contributed by atoms with Gasteiger partial charge in [0.25, 0.3) is 0 Å². The Morgan fingerprint density at radius 1 is 0.219 bits per heavy atom. The summed E-state index contributed by atoms with van der Waals surface area (Å²) in [5.41, 5.74) is 0. The van der Waals surface area contributed by atoms with Crippen molar-refractivity contribution in [2.75, 3.05) is 13.2 Å². The van der Waals surface area contributed by atoms with E-state index < -0.39 is 6.10 Å². The molecule has 0 saturated carbocycles. The highest BCUT2D eigenvalue weighted by Gasteiger charge is 2.19. The summed E-state index contributed by atoms with van der Waals surface area (Å²) < 4.78 is 16.9. The summed E-state index contributed by atoms with van der Waals surface area (Å²) in [6.07, 6.45) is 72.8. The van der Waals surface area contributed by atoms with Crippen LogP contribution in [-0.4, -0.2) is 37.2 Å². The average molecular weight is 1030 g/mol. The summed E-state index contributed by atoms with van der Waals surface area (Å²) in [6, 6.07) is 0. The normalized spacial score (nSPS) is 11.9. The zero-order valence-electron chi connectivity index (χ0n) is 50.0. The Hall–Kier alpha value is -1.59. The monoisotopic (exact) mass is 1030 g/mol. The topological polar surface area (TPSA) is 78.9 Å². The molecule has 0 aromatic rings. The lowest BCUT2D eigenvalue weighted by Crippen LogP contribution is -2.30. The minimum Gasteiger partial charge on any atom is -0.462 e. The first kappa shape index (κ1) is 71.4. The number of esters is 3. The number of hydrogen-bond donors (Lipinski definition) is 0. The van der Waals surface area contributed by atoms with Crippen LogP contribution < -0.4 is 0 Å². The fraction of sp³-hybridized carbons (Fsp3) is 0.955. The molecule has 0 amide bonds. The predicted octanol–water partition coefficient (Wildman–Crippen LogP) is 22.7. The van der Waals surface area contributed by atoms with Crippen molar-refractivity contribution in [3.05, 3.63) is 0 Å². The molecule has 6 heteroatoms. The van der Waals surface area contributed by atoms with Crippen LogP contribution in [0.4, 0.5) is 0 Å². The van der Waals surface area contributed by atoms with E-state index in [9.17, 15) is 14.4 Å². The first-order chi connectivity index (χ1) is 36.0. The number of unbranched alkanes of at least 4 members (excludes halogenated alkanes) is 52. The average Bonchev–Trinajstić information content (AvgIpc) is 3.39. The van der Waals surface area contributed by atoms with Crippen molar-refractivity contribution < 1.29 is 28.6 Å². The summed E-state index contributed by atoms with van der Waals surface area (Å²) in [6.45, 7) is 6.72. The van der Waals surface area contributed by atoms with E-state index in [1.165, 1.54) is 295 Å². The fourth-order valence-electron chi connectivity index (χ4n) is 10.6. The first-order valence-electron chi connectivity index (χ1n) is 33.5. The van der Waals surface area contributed by atoms with Crippen LogP contribution in [-0.2, 0) is 28.6 Å². The van der Waals surface area contributed by atoms with E-state index >= 15 is 0 Å². The Balaban J connectivity index is 4.07. The molecule has 434 valence electrons. The standard InChI is InChI=1S/C67H130O6/c1-4-7-10-13-16-19-22-25-27-28-29-30-31-32-33-34-35-36-37-38-39-40-41-43-45-48-51-54-57-60-66(69)72-63-64(62-71-65(68)59-56-53-50-47-44-24-21-18-15-12-9-6-3)73-67(70)61-58-55-52-49-46-42-26-23-20-17-14-11-8-5-2/h64H,4-63H2,1-3H3. The van der Waals surface area contributed by atoms with Crippen LogP contribution in [0.15, 0.2) is 0 Å². The molecule has 1 atom stereocenters. The van der Waals surface area contributed by atoms with Crippen molar-refractivity contribution in [2.45, 2.75) is 399 Å². The van der Waals surface area contributed by atoms with Crippen molar-refractivity contribution in [3.63, 3.8) is 0 Å². The Morgan fingerprint density at radius 3 is 0.548 bits per heavy atom. The number of rotatable bonds is 63. The van der Waals surface area contributed by atoms with Crippen molar-refractivity contribution in [2.24, 2.45) is 0 Å². The number of carbonyl (C=O) groups is 3. The molecule has 6 nitrogen and oxygen atoms in total. The Labute approximate surface area is 457 Å². The maximum Gasteiger partial charge on any atom is 0.306 e. The first-order valence-corrected chi connectivity index (χ1v) is 33.5. The van der Waals surface area contributed by atoms with E-state index in [1.54, 1.807) is 0 Å². The van der Waals surface area contributed by atoms with Gasteiger partial charge in [0.15, 0.2) is 6.10 Å². The largest absolute Gasteiger partial charge is 0.462 e. The van der Waals surface area contributed by atoms with Gasteiger partial charge in [0.05, 0.1) is 0 Å². The van der Waals surface area contributed by atoms with Crippen LogP contribution in [0.2, 0.25) is 0 Å². The van der Waals surface area contributed by atoms with Crippen LogP contribution in [0, 0.1) is 0 Å². The summed E-state index contributed by atoms with van der Waals surface area (Å²) in [7, 11) is 0. The molecule has 0 aromatic carbocycles. The summed E-state index contributed by atoms with van der Waals surface area (Å²) in [5.74, 6) is -0.828. The number of hydrogen-bond acceptors (Lipinski definition) is 6. The van der Waals surface area contributed by atoms with Crippen molar-refractivity contribution in [3.8, 4) is 0 Å². The molecule has 0 aliphatic carbocycles. The third-order valence-electron chi connectivity index (χ3n) is 15.6. The lowest BCUT2D eigenvalue weighted by Gasteiger charge is -2.18. The van der Waals surface area contributed by atoms with Crippen LogP contribution >= 0.6 is 0 Å². The third-order valence-corrected chi connectivity index (χ3v) is 15.6. The molecule has 0 aliphatic heterocycles. The zero-order chi connectivity index (χ0) is 52.9. The maximum absolute atomic E-state index is 12.9. The third kappa shape index (κ3) is 61.1. The molecule has 0 fully saturated rings. The van der Waals surface area contributed by atoms with Gasteiger partial charge in [0, 0.05) is 19.3 Å². The quantitative estimate of drug-likeness (QED) is 0.0343. The van der Waals surface area contributed by atoms with E-state index in [0.29, 0.717) is 19.3 Å². The second-order valence-corrected chi connectivity index (χ2v) is 23.1. The van der Waals surface area contributed by atoms with Crippen LogP contribution in [0.25, 0.3) is 0 Å². The molecule has 0 bridgehead atoms. The minimum absolute atomic E-state index is 0.0608. The molecular weight excluding hydrogens is 901 g/mol. The smallest absolute Gasteiger partial charge is 0.306 e. The molecule has 0 N–H and O–H groups in total. The second-order valence-electron chi connectivity index (χ2n) is 23.1. The summed E-state index contributed by atoms with van der Waals surface area (Å²) in [4.78, 5) is 38.2. The molecule has 0 saturated heterocycles. The van der Waals surface area contributed by atoms with Gasteiger partial charge in [0.1, 0.15) is 13.2 Å². The van der Waals surface area contributed by atoms with Gasteiger partial charge in [0.2, 0.25) is 0 Å². The molecule has 0 rings (SSSR count). The fourth-order valence-corrected chi connectivity index (χ4v) is 10.6. The second kappa shape index (κ2) is 62.9. The number of ether oxygens (including phenoxy) is 3. The van der Waals surface area contributed by atoms with Crippen molar-refractivity contribution in [1.82, 2.24) is 0 Å². The Morgan fingerprint density at radius 2 is 0.370 bits per heavy atom. The summed E-state index contributed by atoms with van der Waals surface area (Å²) >= 11 is 0. The van der Waals surface area contributed by atoms with Gasteiger partial charge in [-0.1, -0.05) is 355 Å². The van der Waals surface area contributed by atoms with E-state index in [2.05, 4.69) is 20.8 Å². The highest BCUT2D eigenvalue weighted by molar-refractivity contribution is 5.71. The van der Waals surface area contributed by atoms with Crippen LogP contribution in [0.5, 0.6) is 0 Å². The predicted molar refractivity (Wildman–Crippen MR) is 317 cm³/mol. The molecule has 0 heterocycles. The molecule has 0 aliphatic rings.